The minimum atomic E-state index is -0.875. The van der Waals surface area contributed by atoms with Gasteiger partial charge < -0.3 is 14.8 Å². The number of hydrogen-bond donors (Lipinski definition) is 2. The largest absolute Gasteiger partial charge is 0.507 e. The zero-order valence-corrected chi connectivity index (χ0v) is 20.6. The molecule has 1 saturated heterocycles. The Morgan fingerprint density at radius 3 is 2.39 bits per heavy atom. The molecule has 2 N–H and O–H groups in total. The predicted octanol–water partition coefficient (Wildman–Crippen LogP) is 5.59. The molecule has 2 heterocycles. The molecule has 1 aliphatic heterocycles. The number of aryl methyl sites for hydroxylation is 2. The molecule has 1 fully saturated rings. The van der Waals surface area contributed by atoms with Gasteiger partial charge in [-0.2, -0.15) is 0 Å². The number of hydrogen-bond acceptors (Lipinski definition) is 5. The van der Waals surface area contributed by atoms with Gasteiger partial charge in [0.25, 0.3) is 5.78 Å². The molecule has 4 aromatic rings. The van der Waals surface area contributed by atoms with Gasteiger partial charge in [-0.05, 0) is 74.7 Å². The summed E-state index contributed by atoms with van der Waals surface area (Å²) in [7, 11) is 0. The number of imidazole rings is 1. The van der Waals surface area contributed by atoms with Gasteiger partial charge in [0.1, 0.15) is 11.5 Å². The van der Waals surface area contributed by atoms with Gasteiger partial charge in [-0.15, -0.1) is 0 Å². The topological polar surface area (TPSA) is 95.5 Å². The Morgan fingerprint density at radius 2 is 1.72 bits per heavy atom. The Balaban J connectivity index is 1.69. The lowest BCUT2D eigenvalue weighted by atomic mass is 9.94. The van der Waals surface area contributed by atoms with Crippen LogP contribution in [-0.2, 0) is 9.59 Å². The number of aromatic nitrogens is 2. The quantitative estimate of drug-likeness (QED) is 0.220. The van der Waals surface area contributed by atoms with E-state index in [-0.39, 0.29) is 23.4 Å². The van der Waals surface area contributed by atoms with Crippen LogP contribution in [0.15, 0.2) is 72.3 Å². The molecular weight excluding hydrogens is 454 g/mol. The number of ketones is 1. The van der Waals surface area contributed by atoms with E-state index in [9.17, 15) is 14.7 Å². The van der Waals surface area contributed by atoms with E-state index in [2.05, 4.69) is 9.97 Å². The van der Waals surface area contributed by atoms with Crippen LogP contribution in [0.1, 0.15) is 42.1 Å². The molecule has 36 heavy (non-hydrogen) atoms. The number of aromatic amines is 1. The molecule has 1 atom stereocenters. The first-order valence-electron chi connectivity index (χ1n) is 11.8. The van der Waals surface area contributed by atoms with Crippen molar-refractivity contribution in [3.8, 4) is 5.75 Å². The van der Waals surface area contributed by atoms with E-state index in [1.54, 1.807) is 30.3 Å². The second-order valence-corrected chi connectivity index (χ2v) is 9.28. The highest BCUT2D eigenvalue weighted by molar-refractivity contribution is 6.51. The van der Waals surface area contributed by atoms with Crippen LogP contribution in [-0.4, -0.2) is 32.9 Å². The van der Waals surface area contributed by atoms with Gasteiger partial charge in [0, 0.05) is 5.56 Å². The summed E-state index contributed by atoms with van der Waals surface area (Å²) in [5.74, 6) is -0.832. The van der Waals surface area contributed by atoms with Crippen LogP contribution in [0.2, 0.25) is 0 Å². The summed E-state index contributed by atoms with van der Waals surface area (Å²) in [6, 6.07) is 19.2. The van der Waals surface area contributed by atoms with Crippen molar-refractivity contribution in [3.05, 3.63) is 94.6 Å². The highest BCUT2D eigenvalue weighted by Crippen LogP contribution is 2.42. The maximum Gasteiger partial charge on any atom is 0.302 e. The number of nitrogens with zero attached hydrogens (tertiary/aromatic N) is 2. The average Bonchev–Trinajstić information content (AvgIpc) is 3.39. The van der Waals surface area contributed by atoms with Gasteiger partial charge in [-0.25, -0.2) is 4.98 Å². The van der Waals surface area contributed by atoms with Crippen molar-refractivity contribution in [3.63, 3.8) is 0 Å². The van der Waals surface area contributed by atoms with Crippen LogP contribution in [0.4, 0.5) is 5.95 Å². The monoisotopic (exact) mass is 481 g/mol. The summed E-state index contributed by atoms with van der Waals surface area (Å²) in [6.45, 7) is 7.78. The zero-order valence-electron chi connectivity index (χ0n) is 20.6. The molecule has 5 rings (SSSR count). The van der Waals surface area contributed by atoms with Gasteiger partial charge >= 0.3 is 5.91 Å². The van der Waals surface area contributed by atoms with Crippen molar-refractivity contribution in [1.82, 2.24) is 9.97 Å². The second-order valence-electron chi connectivity index (χ2n) is 9.28. The number of aliphatic hydroxyl groups is 1. The third kappa shape index (κ3) is 4.02. The zero-order chi connectivity index (χ0) is 25.6. The molecule has 0 bridgehead atoms. The molecule has 0 spiro atoms. The Morgan fingerprint density at radius 1 is 1.00 bits per heavy atom. The van der Waals surface area contributed by atoms with E-state index in [1.807, 2.05) is 64.1 Å². The van der Waals surface area contributed by atoms with E-state index >= 15 is 0 Å². The van der Waals surface area contributed by atoms with E-state index in [1.165, 1.54) is 4.90 Å². The number of carbonyl (C=O) groups excluding carboxylic acids is 2. The fraction of sp³-hybridized carbons (Fsp3) is 0.207. The number of aliphatic hydroxyl groups excluding tert-OH is 1. The third-order valence-electron chi connectivity index (χ3n) is 6.40. The average molecular weight is 482 g/mol. The number of benzene rings is 3. The maximum atomic E-state index is 13.4. The SMILES string of the molecule is Cc1ccc(/C(O)=C2\C(=O)C(=O)N(c3nc4ccccc4[nH]3)C2c2ccc(OC(C)C)cc2)cc1C. The fourth-order valence-electron chi connectivity index (χ4n) is 4.46. The molecular formula is C29H27N3O4. The molecule has 0 radical (unpaired) electrons. The van der Waals surface area contributed by atoms with Crippen LogP contribution < -0.4 is 9.64 Å². The van der Waals surface area contributed by atoms with Crippen molar-refractivity contribution in [2.75, 3.05) is 4.90 Å². The van der Waals surface area contributed by atoms with Crippen LogP contribution in [0.3, 0.4) is 0 Å². The van der Waals surface area contributed by atoms with Crippen molar-refractivity contribution in [1.29, 1.82) is 0 Å². The van der Waals surface area contributed by atoms with Crippen molar-refractivity contribution >= 4 is 34.4 Å². The molecule has 1 unspecified atom stereocenters. The Hall–Kier alpha value is -4.39. The van der Waals surface area contributed by atoms with Gasteiger partial charge in [-0.3, -0.25) is 14.5 Å². The number of rotatable bonds is 5. The Labute approximate surface area is 209 Å². The Kier molecular flexibility index (Phi) is 5.84. The maximum absolute atomic E-state index is 13.4. The van der Waals surface area contributed by atoms with E-state index in [0.717, 1.165) is 16.6 Å². The molecule has 3 aromatic carbocycles. The summed E-state index contributed by atoms with van der Waals surface area (Å²) in [4.78, 5) is 35.8. The summed E-state index contributed by atoms with van der Waals surface area (Å²) in [6.07, 6.45) is 0.00168. The van der Waals surface area contributed by atoms with Crippen molar-refractivity contribution < 1.29 is 19.4 Å². The smallest absolute Gasteiger partial charge is 0.302 e. The molecule has 1 amide bonds. The molecule has 0 aliphatic carbocycles. The molecule has 1 aromatic heterocycles. The highest BCUT2D eigenvalue weighted by atomic mass is 16.5. The van der Waals surface area contributed by atoms with Crippen LogP contribution in [0.25, 0.3) is 16.8 Å². The number of ether oxygens (including phenoxy) is 1. The van der Waals surface area contributed by atoms with E-state index in [4.69, 9.17) is 4.74 Å². The van der Waals surface area contributed by atoms with Crippen LogP contribution in [0, 0.1) is 13.8 Å². The molecule has 1 aliphatic rings. The fourth-order valence-corrected chi connectivity index (χ4v) is 4.46. The Bertz CT molecular complexity index is 1480. The first kappa shape index (κ1) is 23.4. The highest BCUT2D eigenvalue weighted by Gasteiger charge is 2.48. The molecule has 182 valence electrons. The molecule has 7 nitrogen and oxygen atoms in total. The minimum absolute atomic E-state index is 0.00168. The summed E-state index contributed by atoms with van der Waals surface area (Å²) in [5.41, 5.74) is 4.58. The standard InChI is InChI=1S/C29H27N3O4/c1-16(2)36-21-13-11-19(12-14-21)25-24(26(33)20-10-9-17(3)18(4)15-20)27(34)28(35)32(25)29-30-22-7-5-6-8-23(22)31-29/h5-16,25,33H,1-4H3,(H,30,31)/b26-24+. The van der Waals surface area contributed by atoms with Crippen molar-refractivity contribution in [2.45, 2.75) is 39.8 Å². The van der Waals surface area contributed by atoms with E-state index in [0.29, 0.717) is 22.4 Å². The number of amides is 1. The first-order valence-corrected chi connectivity index (χ1v) is 11.8. The summed E-state index contributed by atoms with van der Waals surface area (Å²) in [5, 5.41) is 11.4. The van der Waals surface area contributed by atoms with Crippen LogP contribution >= 0.6 is 0 Å². The van der Waals surface area contributed by atoms with Crippen LogP contribution in [0.5, 0.6) is 5.75 Å². The lowest BCUT2D eigenvalue weighted by Crippen LogP contribution is -2.30. The number of Topliss-reactive ketones (excluding diaryl/α,β-unsaturated/α-hetero) is 1. The summed E-state index contributed by atoms with van der Waals surface area (Å²) < 4.78 is 5.77. The summed E-state index contributed by atoms with van der Waals surface area (Å²) >= 11 is 0. The number of anilines is 1. The lowest BCUT2D eigenvalue weighted by molar-refractivity contribution is -0.132. The predicted molar refractivity (Wildman–Crippen MR) is 139 cm³/mol. The van der Waals surface area contributed by atoms with Gasteiger partial charge in [0.2, 0.25) is 5.95 Å². The second kappa shape index (κ2) is 9.00. The number of carbonyl (C=O) groups is 2. The number of nitrogens with one attached hydrogen (secondary N) is 1. The minimum Gasteiger partial charge on any atom is -0.507 e. The van der Waals surface area contributed by atoms with E-state index < -0.39 is 17.7 Å². The molecule has 0 saturated carbocycles. The van der Waals surface area contributed by atoms with Gasteiger partial charge in [0.15, 0.2) is 0 Å². The van der Waals surface area contributed by atoms with Gasteiger partial charge in [-0.1, -0.05) is 36.4 Å². The normalized spacial score (nSPS) is 17.4. The number of fused-ring (bicyclic) bond motifs is 1. The number of H-pyrrole nitrogens is 1. The van der Waals surface area contributed by atoms with Crippen molar-refractivity contribution in [2.24, 2.45) is 0 Å². The lowest BCUT2D eigenvalue weighted by Gasteiger charge is -2.23. The third-order valence-corrected chi connectivity index (χ3v) is 6.40. The van der Waals surface area contributed by atoms with Gasteiger partial charge in [0.05, 0.1) is 28.8 Å². The molecule has 7 heteroatoms. The number of para-hydroxylation sites is 2. The first-order chi connectivity index (χ1) is 17.2.